The Kier molecular flexibility index (Phi) is 4.73. The van der Waals surface area contributed by atoms with Crippen molar-refractivity contribution in [3.63, 3.8) is 0 Å². The molecule has 0 amide bonds. The van der Waals surface area contributed by atoms with E-state index in [0.29, 0.717) is 24.7 Å². The SMILES string of the molecule is Cc1noc([C@H]2C[C@@H](O)CN2[C@H](C)CCc2cccc(F)c2)n1. The Morgan fingerprint density at radius 1 is 1.48 bits per heavy atom. The van der Waals surface area contributed by atoms with E-state index in [0.717, 1.165) is 18.4 Å². The molecule has 0 spiro atoms. The Labute approximate surface area is 135 Å². The topological polar surface area (TPSA) is 62.4 Å². The van der Waals surface area contributed by atoms with E-state index in [1.54, 1.807) is 19.1 Å². The first kappa shape index (κ1) is 16.1. The van der Waals surface area contributed by atoms with Gasteiger partial charge < -0.3 is 9.63 Å². The summed E-state index contributed by atoms with van der Waals surface area (Å²) in [4.78, 5) is 6.51. The van der Waals surface area contributed by atoms with Gasteiger partial charge in [-0.1, -0.05) is 17.3 Å². The van der Waals surface area contributed by atoms with E-state index < -0.39 is 0 Å². The zero-order chi connectivity index (χ0) is 16.4. The minimum absolute atomic E-state index is 0.0475. The zero-order valence-electron chi connectivity index (χ0n) is 13.4. The van der Waals surface area contributed by atoms with Crippen molar-refractivity contribution < 1.29 is 14.0 Å². The van der Waals surface area contributed by atoms with Gasteiger partial charge in [-0.15, -0.1) is 0 Å². The van der Waals surface area contributed by atoms with Gasteiger partial charge in [-0.2, -0.15) is 4.98 Å². The van der Waals surface area contributed by atoms with Gasteiger partial charge in [0, 0.05) is 12.6 Å². The number of aliphatic hydroxyl groups is 1. The summed E-state index contributed by atoms with van der Waals surface area (Å²) < 4.78 is 18.6. The molecule has 1 fully saturated rings. The second kappa shape index (κ2) is 6.76. The summed E-state index contributed by atoms with van der Waals surface area (Å²) in [6.07, 6.45) is 1.89. The van der Waals surface area contributed by atoms with Gasteiger partial charge in [0.2, 0.25) is 5.89 Å². The van der Waals surface area contributed by atoms with E-state index in [-0.39, 0.29) is 24.0 Å². The average molecular weight is 319 g/mol. The van der Waals surface area contributed by atoms with Crippen molar-refractivity contribution in [3.05, 3.63) is 47.4 Å². The Hall–Kier alpha value is -1.79. The molecular formula is C17H22FN3O2. The molecule has 6 heteroatoms. The lowest BCUT2D eigenvalue weighted by molar-refractivity contribution is 0.138. The van der Waals surface area contributed by atoms with E-state index in [4.69, 9.17) is 4.52 Å². The molecule has 1 N–H and O–H groups in total. The van der Waals surface area contributed by atoms with Crippen LogP contribution in [0.5, 0.6) is 0 Å². The molecule has 23 heavy (non-hydrogen) atoms. The van der Waals surface area contributed by atoms with Crippen molar-refractivity contribution >= 4 is 0 Å². The first-order chi connectivity index (χ1) is 11.0. The molecule has 1 aromatic heterocycles. The fraction of sp³-hybridized carbons (Fsp3) is 0.529. The molecule has 1 aromatic carbocycles. The fourth-order valence-corrected chi connectivity index (χ4v) is 3.25. The number of aliphatic hydroxyl groups excluding tert-OH is 1. The van der Waals surface area contributed by atoms with Gasteiger partial charge in [0.1, 0.15) is 5.82 Å². The van der Waals surface area contributed by atoms with Gasteiger partial charge in [0.15, 0.2) is 5.82 Å². The van der Waals surface area contributed by atoms with Crippen LogP contribution in [0.3, 0.4) is 0 Å². The molecule has 0 bridgehead atoms. The number of halogens is 1. The maximum atomic E-state index is 13.3. The Bertz CT molecular complexity index is 661. The van der Waals surface area contributed by atoms with Crippen LogP contribution in [0.2, 0.25) is 0 Å². The highest BCUT2D eigenvalue weighted by Gasteiger charge is 2.37. The van der Waals surface area contributed by atoms with Crippen LogP contribution in [0.4, 0.5) is 4.39 Å². The predicted molar refractivity (Wildman–Crippen MR) is 83.3 cm³/mol. The lowest BCUT2D eigenvalue weighted by Gasteiger charge is -2.28. The summed E-state index contributed by atoms with van der Waals surface area (Å²) in [5.41, 5.74) is 0.988. The Morgan fingerprint density at radius 3 is 3.00 bits per heavy atom. The lowest BCUT2D eigenvalue weighted by Crippen LogP contribution is -2.34. The molecule has 5 nitrogen and oxygen atoms in total. The third-order valence-corrected chi connectivity index (χ3v) is 4.45. The average Bonchev–Trinajstić information content (AvgIpc) is 3.10. The maximum Gasteiger partial charge on any atom is 0.244 e. The molecular weight excluding hydrogens is 297 g/mol. The standard InChI is InChI=1S/C17H22FN3O2/c1-11(6-7-13-4-3-5-14(18)8-13)21-10-15(22)9-16(21)17-19-12(2)20-23-17/h3-5,8,11,15-16,22H,6-7,9-10H2,1-2H3/t11-,15-,16-/m1/s1. The van der Waals surface area contributed by atoms with Gasteiger partial charge in [0.25, 0.3) is 0 Å². The third-order valence-electron chi connectivity index (χ3n) is 4.45. The summed E-state index contributed by atoms with van der Waals surface area (Å²) >= 11 is 0. The maximum absolute atomic E-state index is 13.3. The van der Waals surface area contributed by atoms with Crippen molar-refractivity contribution in [3.8, 4) is 0 Å². The van der Waals surface area contributed by atoms with E-state index in [1.165, 1.54) is 6.07 Å². The van der Waals surface area contributed by atoms with Gasteiger partial charge in [-0.25, -0.2) is 4.39 Å². The predicted octanol–water partition coefficient (Wildman–Crippen LogP) is 2.65. The molecule has 3 rings (SSSR count). The molecule has 0 saturated carbocycles. The molecule has 0 unspecified atom stereocenters. The molecule has 2 aromatic rings. The van der Waals surface area contributed by atoms with Gasteiger partial charge in [-0.05, 0) is 50.8 Å². The van der Waals surface area contributed by atoms with Crippen LogP contribution in [0.15, 0.2) is 28.8 Å². The van der Waals surface area contributed by atoms with Crippen LogP contribution in [0.1, 0.15) is 43.1 Å². The largest absolute Gasteiger partial charge is 0.392 e. The van der Waals surface area contributed by atoms with Crippen LogP contribution in [-0.2, 0) is 6.42 Å². The second-order valence-electron chi connectivity index (χ2n) is 6.30. The van der Waals surface area contributed by atoms with E-state index in [9.17, 15) is 9.50 Å². The smallest absolute Gasteiger partial charge is 0.244 e. The highest BCUT2D eigenvalue weighted by atomic mass is 19.1. The normalized spacial score (nSPS) is 23.3. The molecule has 1 aliphatic rings. The minimum atomic E-state index is -0.385. The minimum Gasteiger partial charge on any atom is -0.392 e. The van der Waals surface area contributed by atoms with Crippen molar-refractivity contribution in [2.24, 2.45) is 0 Å². The highest BCUT2D eigenvalue weighted by Crippen LogP contribution is 2.33. The fourth-order valence-electron chi connectivity index (χ4n) is 3.25. The van der Waals surface area contributed by atoms with Gasteiger partial charge in [0.05, 0.1) is 12.1 Å². The molecule has 0 radical (unpaired) electrons. The number of β-amino-alcohol motifs (C(OH)–C–C–N with tert-alkyl or cyclic N) is 1. The second-order valence-corrected chi connectivity index (χ2v) is 6.30. The first-order valence-corrected chi connectivity index (χ1v) is 8.01. The monoisotopic (exact) mass is 319 g/mol. The molecule has 0 aliphatic carbocycles. The van der Waals surface area contributed by atoms with E-state index >= 15 is 0 Å². The number of aromatic nitrogens is 2. The van der Waals surface area contributed by atoms with Crippen LogP contribution >= 0.6 is 0 Å². The van der Waals surface area contributed by atoms with Crippen molar-refractivity contribution in [2.75, 3.05) is 6.54 Å². The molecule has 1 saturated heterocycles. The van der Waals surface area contributed by atoms with Crippen LogP contribution in [-0.4, -0.2) is 38.8 Å². The highest BCUT2D eigenvalue weighted by molar-refractivity contribution is 5.16. The molecule has 1 aliphatic heterocycles. The molecule has 124 valence electrons. The summed E-state index contributed by atoms with van der Waals surface area (Å²) in [5.74, 6) is 0.969. The quantitative estimate of drug-likeness (QED) is 0.918. The van der Waals surface area contributed by atoms with Crippen LogP contribution in [0, 0.1) is 12.7 Å². The number of aryl methyl sites for hydroxylation is 2. The summed E-state index contributed by atoms with van der Waals surface area (Å²) in [6, 6.07) is 6.88. The number of nitrogens with zero attached hydrogens (tertiary/aromatic N) is 3. The van der Waals surface area contributed by atoms with Crippen molar-refractivity contribution in [1.29, 1.82) is 0 Å². The van der Waals surface area contributed by atoms with Crippen LogP contribution < -0.4 is 0 Å². The molecule has 2 heterocycles. The van der Waals surface area contributed by atoms with Crippen molar-refractivity contribution in [1.82, 2.24) is 15.0 Å². The van der Waals surface area contributed by atoms with Gasteiger partial charge in [-0.3, -0.25) is 4.90 Å². The summed E-state index contributed by atoms with van der Waals surface area (Å²) in [7, 11) is 0. The summed E-state index contributed by atoms with van der Waals surface area (Å²) in [6.45, 7) is 4.50. The third kappa shape index (κ3) is 3.76. The number of rotatable bonds is 5. The Morgan fingerprint density at radius 2 is 2.30 bits per heavy atom. The zero-order valence-corrected chi connectivity index (χ0v) is 13.4. The molecule has 3 atom stereocenters. The Balaban J connectivity index is 1.66. The lowest BCUT2D eigenvalue weighted by atomic mass is 10.0. The number of hydrogen-bond acceptors (Lipinski definition) is 5. The number of benzene rings is 1. The van der Waals surface area contributed by atoms with Gasteiger partial charge >= 0.3 is 0 Å². The van der Waals surface area contributed by atoms with Crippen molar-refractivity contribution in [2.45, 2.75) is 51.3 Å². The number of likely N-dealkylation sites (tertiary alicyclic amines) is 1. The van der Waals surface area contributed by atoms with E-state index in [2.05, 4.69) is 22.0 Å². The first-order valence-electron chi connectivity index (χ1n) is 8.01. The van der Waals surface area contributed by atoms with Crippen LogP contribution in [0.25, 0.3) is 0 Å². The van der Waals surface area contributed by atoms with E-state index in [1.807, 2.05) is 6.07 Å². The summed E-state index contributed by atoms with van der Waals surface area (Å²) in [5, 5.41) is 13.9. The number of hydrogen-bond donors (Lipinski definition) is 1.